The highest BCUT2D eigenvalue weighted by Gasteiger charge is 2.10. The van der Waals surface area contributed by atoms with Crippen LogP contribution in [0.4, 0.5) is 0 Å². The number of aromatic nitrogens is 3. The van der Waals surface area contributed by atoms with Gasteiger partial charge in [0.2, 0.25) is 5.28 Å². The van der Waals surface area contributed by atoms with E-state index in [1.54, 1.807) is 6.07 Å². The topological polar surface area (TPSA) is 38.7 Å². The van der Waals surface area contributed by atoms with Crippen LogP contribution in [0.3, 0.4) is 0 Å². The molecule has 0 unspecified atom stereocenters. The van der Waals surface area contributed by atoms with Crippen molar-refractivity contribution in [2.75, 3.05) is 0 Å². The molecule has 0 amide bonds. The Bertz CT molecular complexity index is 527. The number of nitrogens with zero attached hydrogens (tertiary/aromatic N) is 3. The van der Waals surface area contributed by atoms with Crippen LogP contribution >= 0.6 is 34.8 Å². The normalized spacial score (nSPS) is 10.9. The van der Waals surface area contributed by atoms with E-state index >= 15 is 0 Å². The maximum Gasteiger partial charge on any atom is 0.224 e. The van der Waals surface area contributed by atoms with Crippen LogP contribution in [0.1, 0.15) is 12.5 Å². The lowest BCUT2D eigenvalue weighted by Crippen LogP contribution is -1.95. The van der Waals surface area contributed by atoms with Gasteiger partial charge in [-0.25, -0.2) is 15.0 Å². The molecule has 2 aromatic rings. The highest BCUT2D eigenvalue weighted by atomic mass is 35.5. The number of pyridine rings is 1. The molecule has 6 heteroatoms. The highest BCUT2D eigenvalue weighted by Crippen LogP contribution is 2.25. The summed E-state index contributed by atoms with van der Waals surface area (Å²) in [5.74, 6) is 0. The molecule has 0 aromatic carbocycles. The first-order valence-corrected chi connectivity index (χ1v) is 5.43. The van der Waals surface area contributed by atoms with Gasteiger partial charge in [0.15, 0.2) is 5.15 Å². The Balaban J connectivity index is 2.89. The second-order valence-electron chi connectivity index (χ2n) is 2.94. The molecule has 0 saturated carbocycles. The van der Waals surface area contributed by atoms with Crippen molar-refractivity contribution in [3.05, 3.63) is 27.2 Å². The number of hydrogen-bond donors (Lipinski definition) is 0. The molecule has 15 heavy (non-hydrogen) atoms. The Kier molecular flexibility index (Phi) is 2.96. The summed E-state index contributed by atoms with van der Waals surface area (Å²) in [5.41, 5.74) is 2.11. The van der Waals surface area contributed by atoms with Crippen LogP contribution in [0.15, 0.2) is 6.07 Å². The van der Waals surface area contributed by atoms with Crippen molar-refractivity contribution >= 4 is 45.8 Å². The lowest BCUT2D eigenvalue weighted by Gasteiger charge is -2.04. The molecule has 0 aliphatic carbocycles. The van der Waals surface area contributed by atoms with Crippen molar-refractivity contribution in [3.8, 4) is 0 Å². The maximum absolute atomic E-state index is 5.91. The van der Waals surface area contributed by atoms with Gasteiger partial charge < -0.3 is 0 Å². The maximum atomic E-state index is 5.91. The molecular formula is C9H6Cl3N3. The summed E-state index contributed by atoms with van der Waals surface area (Å²) in [4.78, 5) is 12.0. The van der Waals surface area contributed by atoms with Crippen molar-refractivity contribution in [1.82, 2.24) is 15.0 Å². The van der Waals surface area contributed by atoms with Crippen LogP contribution in [0.25, 0.3) is 11.0 Å². The van der Waals surface area contributed by atoms with E-state index in [2.05, 4.69) is 15.0 Å². The summed E-state index contributed by atoms with van der Waals surface area (Å²) in [6, 6.07) is 1.75. The molecule has 3 nitrogen and oxygen atoms in total. The Morgan fingerprint density at radius 2 is 1.80 bits per heavy atom. The summed E-state index contributed by atoms with van der Waals surface area (Å²) in [6.07, 6.45) is 0.780. The molecule has 0 saturated heterocycles. The zero-order valence-corrected chi connectivity index (χ0v) is 10.0. The fourth-order valence-electron chi connectivity index (χ4n) is 1.35. The molecule has 2 rings (SSSR count). The molecule has 0 aliphatic rings. The largest absolute Gasteiger partial charge is 0.231 e. The average Bonchev–Trinajstić information content (AvgIpc) is 2.18. The van der Waals surface area contributed by atoms with Crippen LogP contribution in [0, 0.1) is 0 Å². The molecule has 2 heterocycles. The van der Waals surface area contributed by atoms with E-state index in [4.69, 9.17) is 34.8 Å². The third-order valence-electron chi connectivity index (χ3n) is 2.01. The van der Waals surface area contributed by atoms with Gasteiger partial charge in [-0.1, -0.05) is 30.1 Å². The first-order valence-electron chi connectivity index (χ1n) is 4.30. The highest BCUT2D eigenvalue weighted by molar-refractivity contribution is 6.36. The average molecular weight is 263 g/mol. The van der Waals surface area contributed by atoms with E-state index in [-0.39, 0.29) is 10.4 Å². The predicted molar refractivity (Wildman–Crippen MR) is 61.7 cm³/mol. The van der Waals surface area contributed by atoms with Crippen LogP contribution < -0.4 is 0 Å². The summed E-state index contributed by atoms with van der Waals surface area (Å²) >= 11 is 17.5. The van der Waals surface area contributed by atoms with Gasteiger partial charge in [-0.3, -0.25) is 0 Å². The number of halogens is 3. The van der Waals surface area contributed by atoms with Crippen LogP contribution in [0.5, 0.6) is 0 Å². The zero-order valence-electron chi connectivity index (χ0n) is 7.76. The third kappa shape index (κ3) is 2.00. The van der Waals surface area contributed by atoms with Crippen LogP contribution in [-0.2, 0) is 6.42 Å². The zero-order chi connectivity index (χ0) is 11.0. The predicted octanol–water partition coefficient (Wildman–Crippen LogP) is 3.55. The van der Waals surface area contributed by atoms with Crippen molar-refractivity contribution in [3.63, 3.8) is 0 Å². The van der Waals surface area contributed by atoms with Gasteiger partial charge in [-0.2, -0.15) is 0 Å². The molecule has 0 N–H and O–H groups in total. The van der Waals surface area contributed by atoms with Crippen molar-refractivity contribution in [2.24, 2.45) is 0 Å². The third-order valence-corrected chi connectivity index (χ3v) is 2.64. The molecule has 0 fully saturated rings. The monoisotopic (exact) mass is 261 g/mol. The summed E-state index contributed by atoms with van der Waals surface area (Å²) in [7, 11) is 0. The van der Waals surface area contributed by atoms with Gasteiger partial charge in [0, 0.05) is 0 Å². The van der Waals surface area contributed by atoms with E-state index in [1.165, 1.54) is 0 Å². The van der Waals surface area contributed by atoms with Crippen LogP contribution in [-0.4, -0.2) is 15.0 Å². The van der Waals surface area contributed by atoms with Gasteiger partial charge in [0.1, 0.15) is 10.7 Å². The standard InChI is InChI=1S/C9H6Cl3N3/c1-2-4-3-5(10)13-7-6(4)14-9(12)15-8(7)11/h3H,2H2,1H3. The van der Waals surface area contributed by atoms with Crippen molar-refractivity contribution < 1.29 is 0 Å². The Morgan fingerprint density at radius 1 is 1.07 bits per heavy atom. The lowest BCUT2D eigenvalue weighted by atomic mass is 10.2. The summed E-state index contributed by atoms with van der Waals surface area (Å²) < 4.78 is 0. The molecule has 2 aromatic heterocycles. The summed E-state index contributed by atoms with van der Waals surface area (Å²) in [6.45, 7) is 2.00. The van der Waals surface area contributed by atoms with E-state index in [0.717, 1.165) is 12.0 Å². The second kappa shape index (κ2) is 4.08. The van der Waals surface area contributed by atoms with E-state index < -0.39 is 0 Å². The smallest absolute Gasteiger partial charge is 0.224 e. The quantitative estimate of drug-likeness (QED) is 0.448. The van der Waals surface area contributed by atoms with Gasteiger partial charge in [-0.15, -0.1) is 0 Å². The Hall–Kier alpha value is -0.640. The molecule has 78 valence electrons. The fraction of sp³-hybridized carbons (Fsp3) is 0.222. The number of fused-ring (bicyclic) bond motifs is 1. The Morgan fingerprint density at radius 3 is 2.47 bits per heavy atom. The van der Waals surface area contributed by atoms with E-state index in [1.807, 2.05) is 6.92 Å². The molecule has 0 atom stereocenters. The fourth-order valence-corrected chi connectivity index (χ4v) is 1.99. The lowest BCUT2D eigenvalue weighted by molar-refractivity contribution is 1.11. The second-order valence-corrected chi connectivity index (χ2v) is 4.02. The van der Waals surface area contributed by atoms with Gasteiger partial charge in [0.25, 0.3) is 0 Å². The number of rotatable bonds is 1. The van der Waals surface area contributed by atoms with Crippen LogP contribution in [0.2, 0.25) is 15.6 Å². The molecule has 0 aliphatic heterocycles. The minimum absolute atomic E-state index is 0.117. The molecule has 0 spiro atoms. The first-order chi connectivity index (χ1) is 7.11. The Labute approximate surface area is 101 Å². The first kappa shape index (κ1) is 10.9. The number of aryl methyl sites for hydroxylation is 1. The molecular weight excluding hydrogens is 256 g/mol. The van der Waals surface area contributed by atoms with Crippen molar-refractivity contribution in [2.45, 2.75) is 13.3 Å². The molecule has 0 radical (unpaired) electrons. The SMILES string of the molecule is CCc1cc(Cl)nc2c(Cl)nc(Cl)nc12. The summed E-state index contributed by atoms with van der Waals surface area (Å²) in [5, 5.41) is 0.723. The van der Waals surface area contributed by atoms with E-state index in [0.29, 0.717) is 16.2 Å². The van der Waals surface area contributed by atoms with Gasteiger partial charge in [0.05, 0.1) is 5.52 Å². The molecule has 0 bridgehead atoms. The van der Waals surface area contributed by atoms with Gasteiger partial charge in [-0.05, 0) is 29.7 Å². The van der Waals surface area contributed by atoms with Gasteiger partial charge >= 0.3 is 0 Å². The van der Waals surface area contributed by atoms with E-state index in [9.17, 15) is 0 Å². The minimum atomic E-state index is 0.117. The minimum Gasteiger partial charge on any atom is -0.231 e. The number of hydrogen-bond acceptors (Lipinski definition) is 3. The van der Waals surface area contributed by atoms with Crippen molar-refractivity contribution in [1.29, 1.82) is 0 Å².